The first-order chi connectivity index (χ1) is 5.69. The Morgan fingerprint density at radius 1 is 1.67 bits per heavy atom. The molecule has 0 spiro atoms. The summed E-state index contributed by atoms with van der Waals surface area (Å²) in [5.41, 5.74) is 1.31. The van der Waals surface area contributed by atoms with Crippen LogP contribution in [0, 0.1) is 18.3 Å². The molecular formula is C8H7BrN2O. The molecule has 1 aromatic rings. The highest BCUT2D eigenvalue weighted by Crippen LogP contribution is 2.26. The molecule has 1 aromatic heterocycles. The molecule has 0 aliphatic heterocycles. The maximum absolute atomic E-state index is 8.59. The van der Waals surface area contributed by atoms with Crippen molar-refractivity contribution in [3.05, 3.63) is 21.8 Å². The Morgan fingerprint density at radius 2 is 2.33 bits per heavy atom. The summed E-state index contributed by atoms with van der Waals surface area (Å²) in [6, 6.07) is 3.66. The van der Waals surface area contributed by atoms with E-state index in [1.165, 1.54) is 7.11 Å². The van der Waals surface area contributed by atoms with Gasteiger partial charge >= 0.3 is 0 Å². The third kappa shape index (κ3) is 1.56. The number of pyridine rings is 1. The predicted octanol–water partition coefficient (Wildman–Crippen LogP) is 2.03. The SMILES string of the molecule is COc1nc(C#N)cc(C)c1Br. The van der Waals surface area contributed by atoms with Gasteiger partial charge in [0.25, 0.3) is 0 Å². The van der Waals surface area contributed by atoms with E-state index in [2.05, 4.69) is 20.9 Å². The van der Waals surface area contributed by atoms with Crippen molar-refractivity contribution >= 4 is 15.9 Å². The number of hydrogen-bond donors (Lipinski definition) is 0. The molecule has 1 rings (SSSR count). The summed E-state index contributed by atoms with van der Waals surface area (Å²) >= 11 is 3.31. The molecule has 0 amide bonds. The van der Waals surface area contributed by atoms with Crippen LogP contribution in [0.25, 0.3) is 0 Å². The largest absolute Gasteiger partial charge is 0.480 e. The molecule has 0 radical (unpaired) electrons. The van der Waals surface area contributed by atoms with Gasteiger partial charge in [-0.05, 0) is 34.5 Å². The molecule has 0 aliphatic carbocycles. The van der Waals surface area contributed by atoms with Gasteiger partial charge in [-0.2, -0.15) is 5.26 Å². The monoisotopic (exact) mass is 226 g/mol. The Bertz CT molecular complexity index is 344. The van der Waals surface area contributed by atoms with Gasteiger partial charge < -0.3 is 4.74 Å². The highest BCUT2D eigenvalue weighted by Gasteiger charge is 2.06. The Kier molecular flexibility index (Phi) is 2.66. The van der Waals surface area contributed by atoms with Gasteiger partial charge in [-0.1, -0.05) is 0 Å². The third-order valence-corrected chi connectivity index (χ3v) is 2.38. The Morgan fingerprint density at radius 3 is 2.83 bits per heavy atom. The predicted molar refractivity (Wildman–Crippen MR) is 47.9 cm³/mol. The van der Waals surface area contributed by atoms with Gasteiger partial charge in [0.1, 0.15) is 11.8 Å². The van der Waals surface area contributed by atoms with Crippen molar-refractivity contribution in [2.75, 3.05) is 7.11 Å². The van der Waals surface area contributed by atoms with Crippen LogP contribution < -0.4 is 4.74 Å². The first-order valence-corrected chi connectivity index (χ1v) is 4.09. The van der Waals surface area contributed by atoms with E-state index in [-0.39, 0.29) is 0 Å². The lowest BCUT2D eigenvalue weighted by Gasteiger charge is -2.04. The van der Waals surface area contributed by atoms with E-state index in [1.54, 1.807) is 6.07 Å². The average Bonchev–Trinajstić information content (AvgIpc) is 2.09. The van der Waals surface area contributed by atoms with Gasteiger partial charge in [-0.15, -0.1) is 0 Å². The van der Waals surface area contributed by atoms with Gasteiger partial charge in [0.05, 0.1) is 11.6 Å². The van der Waals surface area contributed by atoms with E-state index in [0.717, 1.165) is 10.0 Å². The number of nitrogens with zero attached hydrogens (tertiary/aromatic N) is 2. The Hall–Kier alpha value is -1.08. The van der Waals surface area contributed by atoms with E-state index in [0.29, 0.717) is 11.6 Å². The molecule has 0 saturated heterocycles. The van der Waals surface area contributed by atoms with E-state index in [9.17, 15) is 0 Å². The first-order valence-electron chi connectivity index (χ1n) is 3.30. The summed E-state index contributed by atoms with van der Waals surface area (Å²) in [5, 5.41) is 8.59. The van der Waals surface area contributed by atoms with Crippen LogP contribution in [0.15, 0.2) is 10.5 Å². The van der Waals surface area contributed by atoms with Crippen molar-refractivity contribution in [1.29, 1.82) is 5.26 Å². The van der Waals surface area contributed by atoms with Gasteiger partial charge in [-0.3, -0.25) is 0 Å². The molecule has 4 heteroatoms. The summed E-state index contributed by atoms with van der Waals surface area (Å²) in [7, 11) is 1.52. The van der Waals surface area contributed by atoms with Crippen LogP contribution >= 0.6 is 15.9 Å². The molecule has 62 valence electrons. The van der Waals surface area contributed by atoms with E-state index in [4.69, 9.17) is 10.00 Å². The quantitative estimate of drug-likeness (QED) is 0.737. The molecule has 0 bridgehead atoms. The normalized spacial score (nSPS) is 9.17. The van der Waals surface area contributed by atoms with E-state index in [1.807, 2.05) is 13.0 Å². The maximum Gasteiger partial charge on any atom is 0.229 e. The Balaban J connectivity index is 3.31. The molecule has 12 heavy (non-hydrogen) atoms. The number of aryl methyl sites for hydroxylation is 1. The summed E-state index contributed by atoms with van der Waals surface area (Å²) in [6.07, 6.45) is 0. The van der Waals surface area contributed by atoms with Crippen LogP contribution in [0.2, 0.25) is 0 Å². The minimum Gasteiger partial charge on any atom is -0.480 e. The number of ether oxygens (including phenoxy) is 1. The molecule has 0 fully saturated rings. The number of nitriles is 1. The molecule has 0 unspecified atom stereocenters. The summed E-state index contributed by atoms with van der Waals surface area (Å²) in [6.45, 7) is 1.88. The minimum atomic E-state index is 0.368. The molecule has 3 nitrogen and oxygen atoms in total. The van der Waals surface area contributed by atoms with Gasteiger partial charge in [0.15, 0.2) is 0 Å². The lowest BCUT2D eigenvalue weighted by atomic mass is 10.2. The summed E-state index contributed by atoms with van der Waals surface area (Å²) in [5.74, 6) is 0.451. The fraction of sp³-hybridized carbons (Fsp3) is 0.250. The lowest BCUT2D eigenvalue weighted by molar-refractivity contribution is 0.394. The van der Waals surface area contributed by atoms with Crippen LogP contribution in [0.4, 0.5) is 0 Å². The van der Waals surface area contributed by atoms with Gasteiger partial charge in [0.2, 0.25) is 5.88 Å². The van der Waals surface area contributed by atoms with Crippen molar-refractivity contribution in [2.24, 2.45) is 0 Å². The Labute approximate surface area is 79.1 Å². The molecule has 0 aromatic carbocycles. The van der Waals surface area contributed by atoms with Gasteiger partial charge in [0, 0.05) is 0 Å². The highest BCUT2D eigenvalue weighted by atomic mass is 79.9. The van der Waals surface area contributed by atoms with E-state index >= 15 is 0 Å². The minimum absolute atomic E-state index is 0.368. The molecule has 0 N–H and O–H groups in total. The van der Waals surface area contributed by atoms with Crippen molar-refractivity contribution in [1.82, 2.24) is 4.98 Å². The number of halogens is 1. The second-order valence-electron chi connectivity index (χ2n) is 2.26. The van der Waals surface area contributed by atoms with Crippen LogP contribution in [0.5, 0.6) is 5.88 Å². The second kappa shape index (κ2) is 3.55. The first kappa shape index (κ1) is 9.01. The average molecular weight is 227 g/mol. The molecule has 1 heterocycles. The van der Waals surface area contributed by atoms with E-state index < -0.39 is 0 Å². The van der Waals surface area contributed by atoms with Crippen LogP contribution in [0.1, 0.15) is 11.3 Å². The zero-order chi connectivity index (χ0) is 9.14. The topological polar surface area (TPSA) is 45.9 Å². The number of methoxy groups -OCH3 is 1. The molecule has 0 saturated carbocycles. The maximum atomic E-state index is 8.59. The zero-order valence-corrected chi connectivity index (χ0v) is 8.34. The van der Waals surface area contributed by atoms with Crippen molar-refractivity contribution in [2.45, 2.75) is 6.92 Å². The van der Waals surface area contributed by atoms with Crippen molar-refractivity contribution < 1.29 is 4.74 Å². The van der Waals surface area contributed by atoms with Gasteiger partial charge in [-0.25, -0.2) is 4.98 Å². The smallest absolute Gasteiger partial charge is 0.229 e. The summed E-state index contributed by atoms with van der Waals surface area (Å²) in [4.78, 5) is 3.94. The molecule has 0 aliphatic rings. The second-order valence-corrected chi connectivity index (χ2v) is 3.05. The number of rotatable bonds is 1. The lowest BCUT2D eigenvalue weighted by Crippen LogP contribution is -1.93. The highest BCUT2D eigenvalue weighted by molar-refractivity contribution is 9.10. The van der Waals surface area contributed by atoms with Crippen LogP contribution in [-0.4, -0.2) is 12.1 Å². The van der Waals surface area contributed by atoms with Crippen molar-refractivity contribution in [3.63, 3.8) is 0 Å². The third-order valence-electron chi connectivity index (χ3n) is 1.42. The molecule has 0 atom stereocenters. The van der Waals surface area contributed by atoms with Crippen LogP contribution in [-0.2, 0) is 0 Å². The standard InChI is InChI=1S/C8H7BrN2O/c1-5-3-6(4-10)11-8(12-2)7(5)9/h3H,1-2H3. The fourth-order valence-electron chi connectivity index (χ4n) is 0.820. The zero-order valence-electron chi connectivity index (χ0n) is 6.76. The molecular weight excluding hydrogens is 220 g/mol. The number of aromatic nitrogens is 1. The van der Waals surface area contributed by atoms with Crippen LogP contribution in [0.3, 0.4) is 0 Å². The number of hydrogen-bond acceptors (Lipinski definition) is 3. The fourth-order valence-corrected chi connectivity index (χ4v) is 1.19. The summed E-state index contributed by atoms with van der Waals surface area (Å²) < 4.78 is 5.75. The van der Waals surface area contributed by atoms with Crippen molar-refractivity contribution in [3.8, 4) is 11.9 Å².